The highest BCUT2D eigenvalue weighted by molar-refractivity contribution is 6.35. The molecule has 0 saturated carbocycles. The molecule has 9 heteroatoms. The van der Waals surface area contributed by atoms with Crippen LogP contribution in [0.15, 0.2) is 29.4 Å². The molecular formula is C14H17FN4O4. The van der Waals surface area contributed by atoms with Crippen molar-refractivity contribution in [3.8, 4) is 0 Å². The maximum Gasteiger partial charge on any atom is 0.329 e. The molecule has 0 heterocycles. The maximum absolute atomic E-state index is 12.7. The van der Waals surface area contributed by atoms with Crippen LogP contribution in [0.2, 0.25) is 0 Å². The van der Waals surface area contributed by atoms with E-state index in [-0.39, 0.29) is 25.3 Å². The lowest BCUT2D eigenvalue weighted by Crippen LogP contribution is -2.39. The molecule has 0 spiro atoms. The van der Waals surface area contributed by atoms with Crippen molar-refractivity contribution in [2.24, 2.45) is 5.10 Å². The van der Waals surface area contributed by atoms with Gasteiger partial charge >= 0.3 is 11.8 Å². The van der Waals surface area contributed by atoms with E-state index in [1.165, 1.54) is 31.2 Å². The van der Waals surface area contributed by atoms with Gasteiger partial charge < -0.3 is 15.7 Å². The molecular weight excluding hydrogens is 307 g/mol. The van der Waals surface area contributed by atoms with Crippen LogP contribution in [0.3, 0.4) is 0 Å². The molecule has 1 rings (SSSR count). The van der Waals surface area contributed by atoms with E-state index >= 15 is 0 Å². The Balaban J connectivity index is 2.43. The summed E-state index contributed by atoms with van der Waals surface area (Å²) < 4.78 is 12.7. The summed E-state index contributed by atoms with van der Waals surface area (Å²) in [5.74, 6) is -2.76. The Morgan fingerprint density at radius 2 is 1.83 bits per heavy atom. The third kappa shape index (κ3) is 7.14. The highest BCUT2D eigenvalue weighted by Gasteiger charge is 2.12. The summed E-state index contributed by atoms with van der Waals surface area (Å²) in [6.07, 6.45) is -0.115. The van der Waals surface area contributed by atoms with Gasteiger partial charge in [0, 0.05) is 17.9 Å². The first-order valence-electron chi connectivity index (χ1n) is 6.70. The first-order chi connectivity index (χ1) is 10.9. The Bertz CT molecular complexity index is 601. The molecule has 8 nitrogen and oxygen atoms in total. The zero-order chi connectivity index (χ0) is 17.2. The number of hydrazone groups is 1. The lowest BCUT2D eigenvalue weighted by atomic mass is 10.2. The molecule has 23 heavy (non-hydrogen) atoms. The minimum absolute atomic E-state index is 0.0466. The molecule has 0 atom stereocenters. The molecule has 1 aromatic rings. The quantitative estimate of drug-likeness (QED) is 0.328. The van der Waals surface area contributed by atoms with E-state index in [0.717, 1.165) is 0 Å². The van der Waals surface area contributed by atoms with Crippen LogP contribution >= 0.6 is 0 Å². The molecule has 0 bridgehead atoms. The zero-order valence-corrected chi connectivity index (χ0v) is 12.4. The van der Waals surface area contributed by atoms with Gasteiger partial charge in [-0.25, -0.2) is 9.82 Å². The fraction of sp³-hybridized carbons (Fsp3) is 0.286. The molecule has 0 aliphatic heterocycles. The molecule has 3 amide bonds. The number of aliphatic hydroxyl groups excluding tert-OH is 1. The van der Waals surface area contributed by atoms with Gasteiger partial charge in [0.15, 0.2) is 0 Å². The number of nitrogens with one attached hydrogen (secondary N) is 3. The summed E-state index contributed by atoms with van der Waals surface area (Å²) in [5.41, 5.74) is 2.69. The van der Waals surface area contributed by atoms with Crippen LogP contribution in [-0.4, -0.2) is 41.7 Å². The van der Waals surface area contributed by atoms with E-state index in [9.17, 15) is 18.8 Å². The monoisotopic (exact) mass is 324 g/mol. The van der Waals surface area contributed by atoms with Gasteiger partial charge in [-0.05, 0) is 31.2 Å². The fourth-order valence-corrected chi connectivity index (χ4v) is 1.46. The molecule has 0 radical (unpaired) electrons. The average molecular weight is 324 g/mol. The number of nitrogens with zero attached hydrogens (tertiary/aromatic N) is 1. The molecule has 0 saturated heterocycles. The SMILES string of the molecule is C/C(CC(=O)Nc1ccc(F)cc1)=N/NC(=O)C(=O)NCCO. The van der Waals surface area contributed by atoms with Crippen molar-refractivity contribution in [2.45, 2.75) is 13.3 Å². The molecule has 1 aromatic carbocycles. The number of hydrogen-bond acceptors (Lipinski definition) is 5. The predicted octanol–water partition coefficient (Wildman–Crippen LogP) is -0.245. The van der Waals surface area contributed by atoms with Crippen LogP contribution in [0.1, 0.15) is 13.3 Å². The second-order valence-electron chi connectivity index (χ2n) is 4.50. The molecule has 0 aliphatic rings. The van der Waals surface area contributed by atoms with Crippen molar-refractivity contribution < 1.29 is 23.9 Å². The third-order valence-electron chi connectivity index (χ3n) is 2.50. The number of amides is 3. The van der Waals surface area contributed by atoms with Gasteiger partial charge in [-0.1, -0.05) is 0 Å². The first kappa shape index (κ1) is 18.2. The Morgan fingerprint density at radius 1 is 1.17 bits per heavy atom. The number of carbonyl (C=O) groups is 3. The number of benzene rings is 1. The van der Waals surface area contributed by atoms with Gasteiger partial charge in [0.05, 0.1) is 13.0 Å². The fourth-order valence-electron chi connectivity index (χ4n) is 1.46. The smallest absolute Gasteiger partial charge is 0.329 e. The summed E-state index contributed by atoms with van der Waals surface area (Å²) >= 11 is 0. The van der Waals surface area contributed by atoms with E-state index in [1.54, 1.807) is 0 Å². The predicted molar refractivity (Wildman–Crippen MR) is 81.0 cm³/mol. The summed E-state index contributed by atoms with van der Waals surface area (Å²) in [5, 5.41) is 16.8. The summed E-state index contributed by atoms with van der Waals surface area (Å²) in [4.78, 5) is 34.2. The van der Waals surface area contributed by atoms with E-state index in [4.69, 9.17) is 5.11 Å². The Hall–Kier alpha value is -2.81. The third-order valence-corrected chi connectivity index (χ3v) is 2.50. The largest absolute Gasteiger partial charge is 0.395 e. The second kappa shape index (κ2) is 9.26. The first-order valence-corrected chi connectivity index (χ1v) is 6.70. The minimum Gasteiger partial charge on any atom is -0.395 e. The molecule has 0 unspecified atom stereocenters. The second-order valence-corrected chi connectivity index (χ2v) is 4.50. The van der Waals surface area contributed by atoms with Crippen LogP contribution in [0.4, 0.5) is 10.1 Å². The van der Waals surface area contributed by atoms with Crippen LogP contribution in [0, 0.1) is 5.82 Å². The molecule has 4 N–H and O–H groups in total. The van der Waals surface area contributed by atoms with Crippen molar-refractivity contribution in [3.63, 3.8) is 0 Å². The number of hydrogen-bond donors (Lipinski definition) is 4. The topological polar surface area (TPSA) is 120 Å². The minimum atomic E-state index is -1.00. The average Bonchev–Trinajstić information content (AvgIpc) is 2.52. The van der Waals surface area contributed by atoms with E-state index < -0.39 is 23.5 Å². The van der Waals surface area contributed by atoms with Crippen LogP contribution < -0.4 is 16.1 Å². The molecule has 0 aromatic heterocycles. The lowest BCUT2D eigenvalue weighted by molar-refractivity contribution is -0.139. The number of carbonyl (C=O) groups excluding carboxylic acids is 3. The van der Waals surface area contributed by atoms with Crippen LogP contribution in [-0.2, 0) is 14.4 Å². The van der Waals surface area contributed by atoms with E-state index in [1.807, 2.05) is 5.43 Å². The molecule has 0 aliphatic carbocycles. The van der Waals surface area contributed by atoms with Gasteiger partial charge in [0.2, 0.25) is 5.91 Å². The standard InChI is InChI=1S/C14H17FN4O4/c1-9(18-19-14(23)13(22)16-6-7-20)8-12(21)17-11-4-2-10(15)3-5-11/h2-5,20H,6-8H2,1H3,(H,16,22)(H,17,21)(H,19,23)/b18-9-. The van der Waals surface area contributed by atoms with Gasteiger partial charge in [-0.3, -0.25) is 14.4 Å². The Labute approximate surface area is 131 Å². The highest BCUT2D eigenvalue weighted by atomic mass is 19.1. The van der Waals surface area contributed by atoms with Gasteiger partial charge in [-0.2, -0.15) is 5.10 Å². The van der Waals surface area contributed by atoms with Crippen molar-refractivity contribution in [3.05, 3.63) is 30.1 Å². The number of rotatable bonds is 6. The van der Waals surface area contributed by atoms with Crippen molar-refractivity contribution in [1.29, 1.82) is 0 Å². The zero-order valence-electron chi connectivity index (χ0n) is 12.4. The van der Waals surface area contributed by atoms with E-state index in [0.29, 0.717) is 5.69 Å². The number of aliphatic hydroxyl groups is 1. The highest BCUT2D eigenvalue weighted by Crippen LogP contribution is 2.08. The van der Waals surface area contributed by atoms with E-state index in [2.05, 4.69) is 15.7 Å². The lowest BCUT2D eigenvalue weighted by Gasteiger charge is -2.05. The van der Waals surface area contributed by atoms with Crippen LogP contribution in [0.5, 0.6) is 0 Å². The summed E-state index contributed by atoms with van der Waals surface area (Å²) in [6, 6.07) is 5.24. The van der Waals surface area contributed by atoms with Crippen molar-refractivity contribution in [1.82, 2.24) is 10.7 Å². The number of halogens is 1. The Kier molecular flexibility index (Phi) is 7.34. The van der Waals surface area contributed by atoms with Crippen molar-refractivity contribution in [2.75, 3.05) is 18.5 Å². The molecule has 124 valence electrons. The maximum atomic E-state index is 12.7. The van der Waals surface area contributed by atoms with Gasteiger partial charge in [0.25, 0.3) is 0 Å². The molecule has 0 fully saturated rings. The van der Waals surface area contributed by atoms with Gasteiger partial charge in [0.1, 0.15) is 5.82 Å². The van der Waals surface area contributed by atoms with Crippen LogP contribution in [0.25, 0.3) is 0 Å². The summed E-state index contributed by atoms with van der Waals surface area (Å²) in [7, 11) is 0. The Morgan fingerprint density at radius 3 is 2.43 bits per heavy atom. The summed E-state index contributed by atoms with van der Waals surface area (Å²) in [6.45, 7) is 1.16. The number of anilines is 1. The normalized spacial score (nSPS) is 10.8. The van der Waals surface area contributed by atoms with Crippen molar-refractivity contribution >= 4 is 29.1 Å². The van der Waals surface area contributed by atoms with Gasteiger partial charge in [-0.15, -0.1) is 0 Å².